The quantitative estimate of drug-likeness (QED) is 0.775. The van der Waals surface area contributed by atoms with Gasteiger partial charge in [-0.25, -0.2) is 19.2 Å². The summed E-state index contributed by atoms with van der Waals surface area (Å²) in [6.45, 7) is 1.30. The number of halogens is 1. The van der Waals surface area contributed by atoms with Crippen LogP contribution in [0.1, 0.15) is 16.8 Å². The second-order valence-electron chi connectivity index (χ2n) is 3.94. The lowest BCUT2D eigenvalue weighted by atomic mass is 10.2. The first-order valence-electron chi connectivity index (χ1n) is 5.75. The number of aromatic carboxylic acids is 1. The zero-order chi connectivity index (χ0) is 13.7. The molecule has 0 saturated heterocycles. The van der Waals surface area contributed by atoms with Crippen LogP contribution in [0.2, 0.25) is 0 Å². The maximum absolute atomic E-state index is 12.9. The van der Waals surface area contributed by atoms with E-state index in [0.29, 0.717) is 6.54 Å². The SMILES string of the molecule is O=C(O)c1cc(F)cnc1NCCCn1ccnc1. The van der Waals surface area contributed by atoms with Gasteiger partial charge in [0.05, 0.1) is 12.5 Å². The Morgan fingerprint density at radius 1 is 1.53 bits per heavy atom. The Morgan fingerprint density at radius 3 is 3.05 bits per heavy atom. The average molecular weight is 264 g/mol. The van der Waals surface area contributed by atoms with Crippen molar-refractivity contribution in [1.82, 2.24) is 14.5 Å². The summed E-state index contributed by atoms with van der Waals surface area (Å²) in [5.74, 6) is -1.69. The molecule has 0 unspecified atom stereocenters. The molecule has 0 atom stereocenters. The van der Waals surface area contributed by atoms with Gasteiger partial charge in [0.15, 0.2) is 0 Å². The summed E-state index contributed by atoms with van der Waals surface area (Å²) in [7, 11) is 0. The molecular weight excluding hydrogens is 251 g/mol. The van der Waals surface area contributed by atoms with Crippen LogP contribution in [0.3, 0.4) is 0 Å². The Hall–Kier alpha value is -2.44. The molecule has 0 aromatic carbocycles. The van der Waals surface area contributed by atoms with Gasteiger partial charge in [-0.3, -0.25) is 0 Å². The van der Waals surface area contributed by atoms with E-state index in [1.54, 1.807) is 12.5 Å². The van der Waals surface area contributed by atoms with E-state index < -0.39 is 11.8 Å². The molecule has 19 heavy (non-hydrogen) atoms. The number of aryl methyl sites for hydroxylation is 1. The minimum atomic E-state index is -1.20. The Morgan fingerprint density at radius 2 is 2.37 bits per heavy atom. The molecule has 0 aliphatic rings. The van der Waals surface area contributed by atoms with E-state index in [1.165, 1.54) is 0 Å². The minimum absolute atomic E-state index is 0.164. The van der Waals surface area contributed by atoms with Crippen molar-refractivity contribution in [2.75, 3.05) is 11.9 Å². The number of nitrogens with zero attached hydrogens (tertiary/aromatic N) is 3. The van der Waals surface area contributed by atoms with Crippen molar-refractivity contribution in [1.29, 1.82) is 0 Å². The Kier molecular flexibility index (Phi) is 4.07. The van der Waals surface area contributed by atoms with Gasteiger partial charge in [-0.1, -0.05) is 0 Å². The molecule has 2 heterocycles. The summed E-state index contributed by atoms with van der Waals surface area (Å²) in [6.07, 6.45) is 7.01. The monoisotopic (exact) mass is 264 g/mol. The molecule has 2 rings (SSSR count). The lowest BCUT2D eigenvalue weighted by molar-refractivity contribution is 0.0697. The molecule has 0 radical (unpaired) electrons. The number of hydrogen-bond acceptors (Lipinski definition) is 4. The van der Waals surface area contributed by atoms with E-state index in [2.05, 4.69) is 15.3 Å². The van der Waals surface area contributed by atoms with Crippen LogP contribution in [0.25, 0.3) is 0 Å². The number of anilines is 1. The molecule has 2 aromatic rings. The lowest BCUT2D eigenvalue weighted by Crippen LogP contribution is -2.11. The smallest absolute Gasteiger partial charge is 0.339 e. The van der Waals surface area contributed by atoms with Gasteiger partial charge in [-0.05, 0) is 12.5 Å². The number of imidazole rings is 1. The predicted octanol–water partition coefficient (Wildman–Crippen LogP) is 1.62. The second-order valence-corrected chi connectivity index (χ2v) is 3.94. The van der Waals surface area contributed by atoms with Crippen molar-refractivity contribution in [3.05, 3.63) is 42.4 Å². The molecule has 6 nitrogen and oxygen atoms in total. The third kappa shape index (κ3) is 3.51. The third-order valence-corrected chi connectivity index (χ3v) is 2.53. The highest BCUT2D eigenvalue weighted by Gasteiger charge is 2.12. The number of rotatable bonds is 6. The first kappa shape index (κ1) is 13.0. The summed E-state index contributed by atoms with van der Waals surface area (Å²) in [5, 5.41) is 11.8. The van der Waals surface area contributed by atoms with Gasteiger partial charge >= 0.3 is 5.97 Å². The largest absolute Gasteiger partial charge is 0.478 e. The van der Waals surface area contributed by atoms with Gasteiger partial charge in [0.1, 0.15) is 17.2 Å². The predicted molar refractivity (Wildman–Crippen MR) is 66.5 cm³/mol. The normalized spacial score (nSPS) is 10.4. The number of carbonyl (C=O) groups is 1. The van der Waals surface area contributed by atoms with E-state index in [4.69, 9.17) is 5.11 Å². The molecule has 2 aromatic heterocycles. The fourth-order valence-electron chi connectivity index (χ4n) is 1.63. The molecule has 0 amide bonds. The molecule has 100 valence electrons. The van der Waals surface area contributed by atoms with E-state index in [-0.39, 0.29) is 11.4 Å². The zero-order valence-electron chi connectivity index (χ0n) is 10.1. The third-order valence-electron chi connectivity index (χ3n) is 2.53. The highest BCUT2D eigenvalue weighted by atomic mass is 19.1. The van der Waals surface area contributed by atoms with E-state index in [1.807, 2.05) is 10.8 Å². The first-order chi connectivity index (χ1) is 9.16. The number of aromatic nitrogens is 3. The molecule has 0 saturated carbocycles. The summed E-state index contributed by atoms with van der Waals surface area (Å²) in [5.41, 5.74) is -0.164. The number of carboxylic acids is 1. The van der Waals surface area contributed by atoms with Crippen molar-refractivity contribution in [3.8, 4) is 0 Å². The Labute approximate surface area is 108 Å². The molecule has 7 heteroatoms. The van der Waals surface area contributed by atoms with Crippen LogP contribution >= 0.6 is 0 Å². The van der Waals surface area contributed by atoms with E-state index in [0.717, 1.165) is 25.2 Å². The van der Waals surface area contributed by atoms with Crippen LogP contribution in [-0.4, -0.2) is 32.2 Å². The zero-order valence-corrected chi connectivity index (χ0v) is 10.1. The summed E-state index contributed by atoms with van der Waals surface area (Å²) >= 11 is 0. The number of pyridine rings is 1. The van der Waals surface area contributed by atoms with Gasteiger partial charge in [-0.15, -0.1) is 0 Å². The minimum Gasteiger partial charge on any atom is -0.478 e. The van der Waals surface area contributed by atoms with Crippen molar-refractivity contribution < 1.29 is 14.3 Å². The maximum atomic E-state index is 12.9. The van der Waals surface area contributed by atoms with Gasteiger partial charge in [0.2, 0.25) is 0 Å². The van der Waals surface area contributed by atoms with Crippen molar-refractivity contribution >= 4 is 11.8 Å². The first-order valence-corrected chi connectivity index (χ1v) is 5.75. The summed E-state index contributed by atoms with van der Waals surface area (Å²) < 4.78 is 14.8. The van der Waals surface area contributed by atoms with Gasteiger partial charge in [-0.2, -0.15) is 0 Å². The Balaban J connectivity index is 1.90. The number of hydrogen-bond donors (Lipinski definition) is 2. The lowest BCUT2D eigenvalue weighted by Gasteiger charge is -2.08. The van der Waals surface area contributed by atoms with Gasteiger partial charge in [0, 0.05) is 25.5 Å². The molecule has 0 bridgehead atoms. The summed E-state index contributed by atoms with van der Waals surface area (Å²) in [4.78, 5) is 18.6. The molecular formula is C12H13FN4O2. The highest BCUT2D eigenvalue weighted by molar-refractivity contribution is 5.93. The average Bonchev–Trinajstić information content (AvgIpc) is 2.89. The van der Waals surface area contributed by atoms with Crippen LogP contribution in [-0.2, 0) is 6.54 Å². The molecule has 0 aliphatic heterocycles. The molecule has 0 fully saturated rings. The highest BCUT2D eigenvalue weighted by Crippen LogP contribution is 2.13. The topological polar surface area (TPSA) is 80.0 Å². The Bertz CT molecular complexity index is 557. The molecule has 0 spiro atoms. The second kappa shape index (κ2) is 5.94. The van der Waals surface area contributed by atoms with Crippen molar-refractivity contribution in [2.24, 2.45) is 0 Å². The fraction of sp³-hybridized carbons (Fsp3) is 0.250. The van der Waals surface area contributed by atoms with Crippen LogP contribution in [0.4, 0.5) is 10.2 Å². The van der Waals surface area contributed by atoms with E-state index in [9.17, 15) is 9.18 Å². The van der Waals surface area contributed by atoms with Gasteiger partial charge in [0.25, 0.3) is 0 Å². The maximum Gasteiger partial charge on any atom is 0.339 e. The van der Waals surface area contributed by atoms with Crippen molar-refractivity contribution in [3.63, 3.8) is 0 Å². The van der Waals surface area contributed by atoms with Crippen LogP contribution in [0.5, 0.6) is 0 Å². The molecule has 2 N–H and O–H groups in total. The van der Waals surface area contributed by atoms with Crippen molar-refractivity contribution in [2.45, 2.75) is 13.0 Å². The standard InChI is InChI=1S/C12H13FN4O2/c13-9-6-10(12(18)19)11(16-7-9)15-2-1-4-17-5-3-14-8-17/h3,5-8H,1-2,4H2,(H,15,16)(H,18,19). The van der Waals surface area contributed by atoms with Gasteiger partial charge < -0.3 is 15.0 Å². The van der Waals surface area contributed by atoms with E-state index >= 15 is 0 Å². The fourth-order valence-corrected chi connectivity index (χ4v) is 1.63. The number of nitrogens with one attached hydrogen (secondary N) is 1. The number of carboxylic acid groups (broad SMARTS) is 1. The van der Waals surface area contributed by atoms with Crippen LogP contribution in [0, 0.1) is 5.82 Å². The van der Waals surface area contributed by atoms with Crippen LogP contribution in [0.15, 0.2) is 31.0 Å². The molecule has 0 aliphatic carbocycles. The summed E-state index contributed by atoms with van der Waals surface area (Å²) in [6, 6.07) is 0.952. The van der Waals surface area contributed by atoms with Crippen LogP contribution < -0.4 is 5.32 Å².